The van der Waals surface area contributed by atoms with E-state index < -0.39 is 12.0 Å². The van der Waals surface area contributed by atoms with E-state index in [-0.39, 0.29) is 17.6 Å². The molecule has 0 saturated carbocycles. The molecule has 1 saturated heterocycles. The normalized spacial score (nSPS) is 19.7. The lowest BCUT2D eigenvalue weighted by Crippen LogP contribution is -2.51. The van der Waals surface area contributed by atoms with Gasteiger partial charge in [-0.2, -0.15) is 0 Å². The molecule has 9 heteroatoms. The lowest BCUT2D eigenvalue weighted by molar-refractivity contribution is -0.124. The van der Waals surface area contributed by atoms with Crippen molar-refractivity contribution in [2.75, 3.05) is 63.9 Å². The smallest absolute Gasteiger partial charge is 0.254 e. The number of anilines is 1. The number of hydrogen-bond donors (Lipinski definition) is 1. The molecule has 8 nitrogen and oxygen atoms in total. The number of halogens is 1. The molecular formula is C34H39FN4O4. The summed E-state index contributed by atoms with van der Waals surface area (Å²) in [6, 6.07) is 17.9. The SMILES string of the molecule is CCOc1cc2c(cc1OCC)[C@@H]1[C@@H](C(=O)NCCN3CCN(c4ccccc4F)CC3)c3ccccc3C(=O)N1CC2. The molecule has 0 aliphatic carbocycles. The molecule has 0 unspecified atom stereocenters. The van der Waals surface area contributed by atoms with Crippen LogP contribution >= 0.6 is 0 Å². The number of ether oxygens (including phenoxy) is 2. The summed E-state index contributed by atoms with van der Waals surface area (Å²) in [7, 11) is 0. The third-order valence-corrected chi connectivity index (χ3v) is 8.76. The maximum absolute atomic E-state index is 14.3. The van der Waals surface area contributed by atoms with Gasteiger partial charge >= 0.3 is 0 Å². The van der Waals surface area contributed by atoms with Crippen molar-refractivity contribution in [1.29, 1.82) is 0 Å². The summed E-state index contributed by atoms with van der Waals surface area (Å²) in [4.78, 5) is 34.0. The predicted octanol–water partition coefficient (Wildman–Crippen LogP) is 4.40. The first-order chi connectivity index (χ1) is 21.0. The average Bonchev–Trinajstić information content (AvgIpc) is 3.02. The Kier molecular flexibility index (Phi) is 8.51. The second-order valence-corrected chi connectivity index (χ2v) is 11.2. The molecule has 1 N–H and O–H groups in total. The highest BCUT2D eigenvalue weighted by Gasteiger charge is 2.46. The molecule has 1 fully saturated rings. The van der Waals surface area contributed by atoms with Crippen molar-refractivity contribution in [3.63, 3.8) is 0 Å². The van der Waals surface area contributed by atoms with Gasteiger partial charge in [0.15, 0.2) is 11.5 Å². The van der Waals surface area contributed by atoms with E-state index in [9.17, 15) is 14.0 Å². The van der Waals surface area contributed by atoms with Crippen molar-refractivity contribution in [2.24, 2.45) is 0 Å². The fraction of sp³-hybridized carbons (Fsp3) is 0.412. The Bertz CT molecular complexity index is 1490. The van der Waals surface area contributed by atoms with E-state index in [2.05, 4.69) is 15.1 Å². The van der Waals surface area contributed by atoms with E-state index in [1.807, 2.05) is 67.3 Å². The number of hydrogen-bond acceptors (Lipinski definition) is 6. The van der Waals surface area contributed by atoms with Crippen molar-refractivity contribution in [3.8, 4) is 11.5 Å². The minimum atomic E-state index is -0.557. The zero-order chi connectivity index (χ0) is 29.9. The van der Waals surface area contributed by atoms with Crippen LogP contribution in [-0.2, 0) is 11.2 Å². The molecule has 3 aliphatic rings. The number of carbonyl (C=O) groups is 2. The highest BCUT2D eigenvalue weighted by atomic mass is 19.1. The second kappa shape index (κ2) is 12.6. The summed E-state index contributed by atoms with van der Waals surface area (Å²) >= 11 is 0. The molecule has 3 aromatic rings. The van der Waals surface area contributed by atoms with Crippen molar-refractivity contribution in [1.82, 2.24) is 15.1 Å². The van der Waals surface area contributed by atoms with Crippen LogP contribution in [-0.4, -0.2) is 80.6 Å². The molecule has 0 radical (unpaired) electrons. The van der Waals surface area contributed by atoms with Gasteiger partial charge < -0.3 is 24.6 Å². The lowest BCUT2D eigenvalue weighted by atomic mass is 9.75. The number of amides is 2. The molecular weight excluding hydrogens is 547 g/mol. The standard InChI is InChI=1S/C34H39FN4O4/c1-3-42-29-21-23-13-15-39-32(26(23)22-30(29)43-4-2)31(24-9-5-6-10-25(24)34(39)41)33(40)36-14-16-37-17-19-38(20-18-37)28-12-8-7-11-27(28)35/h5-12,21-22,31-32H,3-4,13-20H2,1-2H3,(H,36,40)/t31-,32+/m0/s1. The van der Waals surface area contributed by atoms with Crippen LogP contribution < -0.4 is 19.7 Å². The molecule has 226 valence electrons. The molecule has 2 amide bonds. The third-order valence-electron chi connectivity index (χ3n) is 8.76. The Morgan fingerprint density at radius 2 is 1.60 bits per heavy atom. The maximum Gasteiger partial charge on any atom is 0.254 e. The first kappa shape index (κ1) is 29.0. The number of rotatable bonds is 9. The Morgan fingerprint density at radius 3 is 2.35 bits per heavy atom. The first-order valence-electron chi connectivity index (χ1n) is 15.3. The van der Waals surface area contributed by atoms with Crippen molar-refractivity contribution in [2.45, 2.75) is 32.2 Å². The quantitative estimate of drug-likeness (QED) is 0.401. The van der Waals surface area contributed by atoms with Crippen LogP contribution in [0.15, 0.2) is 60.7 Å². The molecule has 3 aliphatic heterocycles. The Hall–Kier alpha value is -4.11. The number of benzene rings is 3. The lowest BCUT2D eigenvalue weighted by Gasteiger charge is -2.45. The number of nitrogens with zero attached hydrogens (tertiary/aromatic N) is 3. The average molecular weight is 587 g/mol. The van der Waals surface area contributed by atoms with Gasteiger partial charge in [-0.1, -0.05) is 30.3 Å². The fourth-order valence-corrected chi connectivity index (χ4v) is 6.72. The van der Waals surface area contributed by atoms with Gasteiger partial charge in [0.05, 0.1) is 30.9 Å². The monoisotopic (exact) mass is 586 g/mol. The first-order valence-corrected chi connectivity index (χ1v) is 15.3. The van der Waals surface area contributed by atoms with Crippen LogP contribution in [0.25, 0.3) is 0 Å². The number of piperazine rings is 1. The van der Waals surface area contributed by atoms with Crippen molar-refractivity contribution in [3.05, 3.63) is 88.7 Å². The van der Waals surface area contributed by atoms with E-state index in [0.717, 1.165) is 42.9 Å². The van der Waals surface area contributed by atoms with Gasteiger partial charge in [0.2, 0.25) is 5.91 Å². The Morgan fingerprint density at radius 1 is 0.907 bits per heavy atom. The van der Waals surface area contributed by atoms with E-state index in [0.29, 0.717) is 62.0 Å². The van der Waals surface area contributed by atoms with Gasteiger partial charge in [0.25, 0.3) is 5.91 Å². The van der Waals surface area contributed by atoms with Crippen LogP contribution in [0.5, 0.6) is 11.5 Å². The van der Waals surface area contributed by atoms with Crippen LogP contribution in [0.2, 0.25) is 0 Å². The summed E-state index contributed by atoms with van der Waals surface area (Å²) in [5.74, 6) is 0.420. The molecule has 0 spiro atoms. The van der Waals surface area contributed by atoms with Gasteiger partial charge in [0.1, 0.15) is 5.82 Å². The summed E-state index contributed by atoms with van der Waals surface area (Å²) in [6.07, 6.45) is 0.680. The number of nitrogens with one attached hydrogen (secondary N) is 1. The van der Waals surface area contributed by atoms with Crippen molar-refractivity contribution >= 4 is 17.5 Å². The molecule has 0 bridgehead atoms. The maximum atomic E-state index is 14.3. The Balaban J connectivity index is 1.20. The van der Waals surface area contributed by atoms with Crippen LogP contribution in [0.1, 0.15) is 52.9 Å². The summed E-state index contributed by atoms with van der Waals surface area (Å²) in [5.41, 5.74) is 3.99. The largest absolute Gasteiger partial charge is 0.490 e. The predicted molar refractivity (Wildman–Crippen MR) is 164 cm³/mol. The summed E-state index contributed by atoms with van der Waals surface area (Å²) in [6.45, 7) is 9.61. The molecule has 0 aromatic heterocycles. The topological polar surface area (TPSA) is 74.4 Å². The fourth-order valence-electron chi connectivity index (χ4n) is 6.72. The summed E-state index contributed by atoms with van der Waals surface area (Å²) in [5, 5.41) is 3.19. The van der Waals surface area contributed by atoms with Crippen molar-refractivity contribution < 1.29 is 23.5 Å². The zero-order valence-corrected chi connectivity index (χ0v) is 24.9. The van der Waals surface area contributed by atoms with Gasteiger partial charge in [-0.15, -0.1) is 0 Å². The number of carbonyl (C=O) groups excluding carboxylic acids is 2. The van der Waals surface area contributed by atoms with Gasteiger partial charge in [0, 0.05) is 51.4 Å². The molecule has 43 heavy (non-hydrogen) atoms. The molecule has 3 aromatic carbocycles. The zero-order valence-electron chi connectivity index (χ0n) is 24.9. The van der Waals surface area contributed by atoms with E-state index in [1.165, 1.54) is 6.07 Å². The van der Waals surface area contributed by atoms with E-state index in [1.54, 1.807) is 6.07 Å². The Labute approximate surface area is 252 Å². The minimum absolute atomic E-state index is 0.0464. The van der Waals surface area contributed by atoms with E-state index >= 15 is 0 Å². The second-order valence-electron chi connectivity index (χ2n) is 11.2. The van der Waals surface area contributed by atoms with E-state index in [4.69, 9.17) is 9.47 Å². The minimum Gasteiger partial charge on any atom is -0.490 e. The molecule has 6 rings (SSSR count). The molecule has 3 heterocycles. The van der Waals surface area contributed by atoms with Crippen LogP contribution in [0.4, 0.5) is 10.1 Å². The van der Waals surface area contributed by atoms with Gasteiger partial charge in [-0.3, -0.25) is 14.5 Å². The van der Waals surface area contributed by atoms with Crippen LogP contribution in [0, 0.1) is 5.82 Å². The summed E-state index contributed by atoms with van der Waals surface area (Å²) < 4.78 is 26.1. The van der Waals surface area contributed by atoms with Gasteiger partial charge in [-0.25, -0.2) is 4.39 Å². The van der Waals surface area contributed by atoms with Gasteiger partial charge in [-0.05, 0) is 67.3 Å². The van der Waals surface area contributed by atoms with Crippen LogP contribution in [0.3, 0.4) is 0 Å². The molecule has 2 atom stereocenters. The number of para-hydroxylation sites is 1. The number of fused-ring (bicyclic) bond motifs is 4. The highest BCUT2D eigenvalue weighted by molar-refractivity contribution is 6.01. The third kappa shape index (κ3) is 5.66. The highest BCUT2D eigenvalue weighted by Crippen LogP contribution is 2.48.